The highest BCUT2D eigenvalue weighted by atomic mass is 16.6. The number of aromatic amines is 1. The van der Waals surface area contributed by atoms with Crippen LogP contribution < -0.4 is 10.1 Å². The van der Waals surface area contributed by atoms with Crippen LogP contribution in [0.4, 0.5) is 11.6 Å². The number of rotatable bonds is 5. The van der Waals surface area contributed by atoms with E-state index in [9.17, 15) is 14.9 Å². The van der Waals surface area contributed by atoms with E-state index in [1.165, 1.54) is 19.3 Å². The smallest absolute Gasteiger partial charge is 0.336 e. The maximum absolute atomic E-state index is 11.7. The Morgan fingerprint density at radius 3 is 2.90 bits per heavy atom. The minimum Gasteiger partial charge on any atom is -0.466 e. The van der Waals surface area contributed by atoms with Crippen LogP contribution in [0.2, 0.25) is 0 Å². The lowest BCUT2D eigenvalue weighted by atomic mass is 10.1. The molecule has 2 aromatic rings. The fourth-order valence-electron chi connectivity index (χ4n) is 1.51. The maximum Gasteiger partial charge on any atom is 0.336 e. The Bertz CT molecular complexity index is 694. The third-order valence-electron chi connectivity index (χ3n) is 2.44. The second-order valence-electron chi connectivity index (χ2n) is 3.81. The van der Waals surface area contributed by atoms with Gasteiger partial charge in [-0.15, -0.1) is 5.10 Å². The molecular weight excluding hydrogens is 278 g/mol. The monoisotopic (exact) mass is 289 g/mol. The molecule has 0 aliphatic heterocycles. The standard InChI is InChI=1S/C12H11N5O4/c1-21-12-14-11(15-16-12)13-10(18)7-6-8-4-2-3-5-9(8)17(19)20/h2-7H,1H3,(H2,13,14,15,16,18)/b7-6+. The fraction of sp³-hybridized carbons (Fsp3) is 0.0833. The third kappa shape index (κ3) is 3.62. The van der Waals surface area contributed by atoms with Gasteiger partial charge in [0.25, 0.3) is 11.6 Å². The molecule has 1 aromatic heterocycles. The van der Waals surface area contributed by atoms with Crippen molar-refractivity contribution in [2.24, 2.45) is 0 Å². The van der Waals surface area contributed by atoms with E-state index in [1.807, 2.05) is 0 Å². The number of methoxy groups -OCH3 is 1. The fourth-order valence-corrected chi connectivity index (χ4v) is 1.51. The quantitative estimate of drug-likeness (QED) is 0.487. The van der Waals surface area contributed by atoms with Gasteiger partial charge in [-0.25, -0.2) is 5.10 Å². The number of nitrogens with zero attached hydrogens (tertiary/aromatic N) is 3. The summed E-state index contributed by atoms with van der Waals surface area (Å²) in [5.41, 5.74) is 0.246. The summed E-state index contributed by atoms with van der Waals surface area (Å²) in [6, 6.07) is 6.19. The van der Waals surface area contributed by atoms with Crippen LogP contribution in [0.25, 0.3) is 6.08 Å². The molecular formula is C12H11N5O4. The van der Waals surface area contributed by atoms with Gasteiger partial charge in [-0.05, 0) is 12.1 Å². The first-order valence-corrected chi connectivity index (χ1v) is 5.79. The van der Waals surface area contributed by atoms with Gasteiger partial charge in [-0.3, -0.25) is 20.2 Å². The molecule has 0 saturated carbocycles. The molecule has 0 saturated heterocycles. The van der Waals surface area contributed by atoms with Gasteiger partial charge >= 0.3 is 6.01 Å². The van der Waals surface area contributed by atoms with Crippen LogP contribution in [0, 0.1) is 10.1 Å². The van der Waals surface area contributed by atoms with Crippen molar-refractivity contribution < 1.29 is 14.5 Å². The minimum absolute atomic E-state index is 0.0807. The molecule has 2 rings (SSSR count). The number of anilines is 1. The van der Waals surface area contributed by atoms with E-state index in [2.05, 4.69) is 20.5 Å². The second-order valence-corrected chi connectivity index (χ2v) is 3.81. The molecule has 0 aliphatic carbocycles. The van der Waals surface area contributed by atoms with Gasteiger partial charge in [0.2, 0.25) is 5.95 Å². The molecule has 1 amide bonds. The highest BCUT2D eigenvalue weighted by Gasteiger charge is 2.10. The van der Waals surface area contributed by atoms with Crippen molar-refractivity contribution in [3.05, 3.63) is 46.0 Å². The number of hydrogen-bond donors (Lipinski definition) is 2. The summed E-state index contributed by atoms with van der Waals surface area (Å²) in [5, 5.41) is 19.4. The molecule has 0 bridgehead atoms. The number of H-pyrrole nitrogens is 1. The molecule has 21 heavy (non-hydrogen) atoms. The molecule has 0 unspecified atom stereocenters. The van der Waals surface area contributed by atoms with E-state index < -0.39 is 10.8 Å². The second kappa shape index (κ2) is 6.28. The van der Waals surface area contributed by atoms with Crippen LogP contribution in [0.3, 0.4) is 0 Å². The number of para-hydroxylation sites is 1. The predicted molar refractivity (Wildman–Crippen MR) is 73.7 cm³/mol. The molecule has 1 aromatic carbocycles. The Morgan fingerprint density at radius 2 is 2.24 bits per heavy atom. The van der Waals surface area contributed by atoms with Crippen molar-refractivity contribution in [1.29, 1.82) is 0 Å². The molecule has 0 fully saturated rings. The topological polar surface area (TPSA) is 123 Å². The van der Waals surface area contributed by atoms with Gasteiger partial charge in [-0.1, -0.05) is 12.1 Å². The zero-order chi connectivity index (χ0) is 15.2. The minimum atomic E-state index is -0.515. The van der Waals surface area contributed by atoms with E-state index in [4.69, 9.17) is 4.74 Å². The summed E-state index contributed by atoms with van der Waals surface area (Å²) in [4.78, 5) is 25.8. The summed E-state index contributed by atoms with van der Waals surface area (Å²) in [7, 11) is 1.39. The average Bonchev–Trinajstić information content (AvgIpc) is 2.93. The SMILES string of the molecule is COc1n[nH]c(NC(=O)/C=C/c2ccccc2[N+](=O)[O-])n1. The Kier molecular flexibility index (Phi) is 4.24. The summed E-state index contributed by atoms with van der Waals surface area (Å²) in [6.07, 6.45) is 2.51. The van der Waals surface area contributed by atoms with Crippen LogP contribution in [-0.4, -0.2) is 33.1 Å². The van der Waals surface area contributed by atoms with E-state index in [1.54, 1.807) is 18.2 Å². The maximum atomic E-state index is 11.7. The lowest BCUT2D eigenvalue weighted by Gasteiger charge is -1.97. The number of ether oxygens (including phenoxy) is 1. The molecule has 9 nitrogen and oxygen atoms in total. The molecule has 0 atom stereocenters. The van der Waals surface area contributed by atoms with E-state index in [0.29, 0.717) is 5.56 Å². The van der Waals surface area contributed by atoms with Gasteiger partial charge in [0.05, 0.1) is 17.6 Å². The zero-order valence-electron chi connectivity index (χ0n) is 10.9. The number of nitro groups is 1. The highest BCUT2D eigenvalue weighted by molar-refractivity contribution is 6.01. The Hall–Kier alpha value is -3.23. The average molecular weight is 289 g/mol. The van der Waals surface area contributed by atoms with E-state index >= 15 is 0 Å². The van der Waals surface area contributed by atoms with Gasteiger partial charge in [-0.2, -0.15) is 4.98 Å². The van der Waals surface area contributed by atoms with Crippen molar-refractivity contribution in [1.82, 2.24) is 15.2 Å². The lowest BCUT2D eigenvalue weighted by molar-refractivity contribution is -0.385. The number of benzene rings is 1. The zero-order valence-corrected chi connectivity index (χ0v) is 10.9. The normalized spacial score (nSPS) is 10.5. The first kappa shape index (κ1) is 14.2. The van der Waals surface area contributed by atoms with Gasteiger partial charge < -0.3 is 4.74 Å². The lowest BCUT2D eigenvalue weighted by Crippen LogP contribution is -2.09. The van der Waals surface area contributed by atoms with Gasteiger partial charge in [0.1, 0.15) is 0 Å². The van der Waals surface area contributed by atoms with Crippen LogP contribution >= 0.6 is 0 Å². The Morgan fingerprint density at radius 1 is 1.48 bits per heavy atom. The van der Waals surface area contributed by atoms with E-state index in [-0.39, 0.29) is 17.6 Å². The van der Waals surface area contributed by atoms with Crippen LogP contribution in [0.1, 0.15) is 5.56 Å². The summed E-state index contributed by atoms with van der Waals surface area (Å²) in [5.74, 6) is -0.393. The van der Waals surface area contributed by atoms with Gasteiger partial charge in [0.15, 0.2) is 0 Å². The third-order valence-corrected chi connectivity index (χ3v) is 2.44. The highest BCUT2D eigenvalue weighted by Crippen LogP contribution is 2.18. The van der Waals surface area contributed by atoms with Crippen LogP contribution in [0.5, 0.6) is 6.01 Å². The molecule has 0 spiro atoms. The molecule has 9 heteroatoms. The molecule has 0 aliphatic rings. The Labute approximate surface area is 118 Å². The van der Waals surface area contributed by atoms with Crippen LogP contribution in [-0.2, 0) is 4.79 Å². The molecule has 108 valence electrons. The Balaban J connectivity index is 2.07. The number of nitro benzene ring substituents is 1. The van der Waals surface area contributed by atoms with E-state index in [0.717, 1.165) is 6.08 Å². The summed E-state index contributed by atoms with van der Waals surface area (Å²) >= 11 is 0. The number of nitrogens with one attached hydrogen (secondary N) is 2. The van der Waals surface area contributed by atoms with Gasteiger partial charge in [0, 0.05) is 12.1 Å². The van der Waals surface area contributed by atoms with Crippen LogP contribution in [0.15, 0.2) is 30.3 Å². The van der Waals surface area contributed by atoms with Crippen molar-refractivity contribution in [3.8, 4) is 6.01 Å². The van der Waals surface area contributed by atoms with Crippen molar-refractivity contribution in [2.75, 3.05) is 12.4 Å². The number of carbonyl (C=O) groups is 1. The number of carbonyl (C=O) groups excluding carboxylic acids is 1. The van der Waals surface area contributed by atoms with Crippen molar-refractivity contribution >= 4 is 23.6 Å². The predicted octanol–water partition coefficient (Wildman–Crippen LogP) is 1.37. The molecule has 2 N–H and O–H groups in total. The number of hydrogen-bond acceptors (Lipinski definition) is 6. The number of amides is 1. The van der Waals surface area contributed by atoms with Crippen molar-refractivity contribution in [3.63, 3.8) is 0 Å². The van der Waals surface area contributed by atoms with Crippen molar-refractivity contribution in [2.45, 2.75) is 0 Å². The first-order valence-electron chi connectivity index (χ1n) is 5.79. The summed E-state index contributed by atoms with van der Waals surface area (Å²) in [6.45, 7) is 0. The summed E-state index contributed by atoms with van der Waals surface area (Å²) < 4.78 is 4.75. The molecule has 0 radical (unpaired) electrons. The largest absolute Gasteiger partial charge is 0.466 e. The molecule has 1 heterocycles. The first-order chi connectivity index (χ1) is 10.1. The number of aromatic nitrogens is 3.